The number of nitrogens with zero attached hydrogens (tertiary/aromatic N) is 3. The number of aromatic nitrogens is 4. The smallest absolute Gasteiger partial charge is 0.123 e. The molecule has 0 unspecified atom stereocenters. The Kier molecular flexibility index (Phi) is 2.89. The quantitative estimate of drug-likeness (QED) is 0.610. The highest BCUT2D eigenvalue weighted by Gasteiger charge is 2.06. The van der Waals surface area contributed by atoms with Gasteiger partial charge in [0, 0.05) is 16.5 Å². The molecule has 2 aromatic carbocycles. The maximum atomic E-state index is 13.4. The molecule has 0 aliphatic heterocycles. The van der Waals surface area contributed by atoms with Crippen molar-refractivity contribution in [3.63, 3.8) is 0 Å². The van der Waals surface area contributed by atoms with Crippen molar-refractivity contribution < 1.29 is 4.39 Å². The molecule has 2 heterocycles. The van der Waals surface area contributed by atoms with Gasteiger partial charge in [-0.05, 0) is 30.3 Å². The molecule has 2 aromatic heterocycles. The molecule has 0 spiro atoms. The molecule has 0 amide bonds. The van der Waals surface area contributed by atoms with Gasteiger partial charge in [0.1, 0.15) is 12.1 Å². The summed E-state index contributed by atoms with van der Waals surface area (Å²) in [5.41, 5.74) is 4.15. The highest BCUT2D eigenvalue weighted by molar-refractivity contribution is 5.83. The molecule has 22 heavy (non-hydrogen) atoms. The second-order valence-electron chi connectivity index (χ2n) is 4.97. The van der Waals surface area contributed by atoms with Gasteiger partial charge in [-0.25, -0.2) is 14.4 Å². The van der Waals surface area contributed by atoms with Crippen LogP contribution in [0.1, 0.15) is 0 Å². The number of benzene rings is 2. The summed E-state index contributed by atoms with van der Waals surface area (Å²) in [5, 5.41) is 7.95. The van der Waals surface area contributed by atoms with Crippen LogP contribution in [0.5, 0.6) is 0 Å². The van der Waals surface area contributed by atoms with E-state index in [1.807, 2.05) is 30.3 Å². The van der Waals surface area contributed by atoms with Crippen LogP contribution in [0.4, 0.5) is 4.39 Å². The van der Waals surface area contributed by atoms with Crippen molar-refractivity contribution >= 4 is 10.9 Å². The topological polar surface area (TPSA) is 54.5 Å². The first-order chi connectivity index (χ1) is 10.8. The molecule has 106 valence electrons. The standard InChI is InChI=1S/C17H11FN4/c18-14-3-1-2-11(7-14)16-8-17(20-10-19-16)12-4-5-15-13(6-12)9-21-22-15/h1-10H,(H,21,22). The summed E-state index contributed by atoms with van der Waals surface area (Å²) in [6, 6.07) is 14.2. The largest absolute Gasteiger partial charge is 0.278 e. The van der Waals surface area contributed by atoms with Crippen molar-refractivity contribution in [3.05, 3.63) is 66.9 Å². The van der Waals surface area contributed by atoms with Crippen LogP contribution in [0.2, 0.25) is 0 Å². The highest BCUT2D eigenvalue weighted by Crippen LogP contribution is 2.25. The summed E-state index contributed by atoms with van der Waals surface area (Å²) in [5.74, 6) is -0.280. The molecule has 1 N–H and O–H groups in total. The third-order valence-electron chi connectivity index (χ3n) is 3.52. The normalized spacial score (nSPS) is 11.0. The number of nitrogens with one attached hydrogen (secondary N) is 1. The van der Waals surface area contributed by atoms with E-state index < -0.39 is 0 Å². The molecule has 0 saturated carbocycles. The Labute approximate surface area is 125 Å². The molecule has 0 atom stereocenters. The maximum absolute atomic E-state index is 13.4. The molecule has 0 fully saturated rings. The number of halogens is 1. The first kappa shape index (κ1) is 12.6. The summed E-state index contributed by atoms with van der Waals surface area (Å²) in [7, 11) is 0. The summed E-state index contributed by atoms with van der Waals surface area (Å²) in [6.07, 6.45) is 3.27. The molecular weight excluding hydrogens is 279 g/mol. The molecule has 4 nitrogen and oxygen atoms in total. The Bertz CT molecular complexity index is 961. The van der Waals surface area contributed by atoms with E-state index in [4.69, 9.17) is 0 Å². The fourth-order valence-corrected chi connectivity index (χ4v) is 2.42. The molecule has 4 rings (SSSR count). The van der Waals surface area contributed by atoms with E-state index in [1.165, 1.54) is 18.5 Å². The van der Waals surface area contributed by atoms with Gasteiger partial charge in [0.15, 0.2) is 0 Å². The van der Waals surface area contributed by atoms with Crippen molar-refractivity contribution in [2.24, 2.45) is 0 Å². The zero-order chi connectivity index (χ0) is 14.9. The fraction of sp³-hybridized carbons (Fsp3) is 0. The summed E-state index contributed by atoms with van der Waals surface area (Å²) in [6.45, 7) is 0. The number of fused-ring (bicyclic) bond motifs is 1. The van der Waals surface area contributed by atoms with Crippen LogP contribution in [-0.4, -0.2) is 20.2 Å². The zero-order valence-electron chi connectivity index (χ0n) is 11.5. The summed E-state index contributed by atoms with van der Waals surface area (Å²) >= 11 is 0. The van der Waals surface area contributed by atoms with Crippen molar-refractivity contribution in [2.75, 3.05) is 0 Å². The van der Waals surface area contributed by atoms with Crippen LogP contribution in [-0.2, 0) is 0 Å². The molecule has 5 heteroatoms. The zero-order valence-corrected chi connectivity index (χ0v) is 11.5. The van der Waals surface area contributed by atoms with E-state index in [-0.39, 0.29) is 5.82 Å². The lowest BCUT2D eigenvalue weighted by molar-refractivity contribution is 0.628. The molecule has 0 saturated heterocycles. The third kappa shape index (κ3) is 2.22. The second-order valence-corrected chi connectivity index (χ2v) is 4.97. The molecule has 4 aromatic rings. The van der Waals surface area contributed by atoms with Crippen LogP contribution < -0.4 is 0 Å². The minimum absolute atomic E-state index is 0.280. The Hall–Kier alpha value is -3.08. The van der Waals surface area contributed by atoms with Crippen LogP contribution in [0, 0.1) is 5.82 Å². The molecule has 0 radical (unpaired) electrons. The van der Waals surface area contributed by atoms with E-state index in [0.29, 0.717) is 5.69 Å². The Morgan fingerprint density at radius 2 is 1.68 bits per heavy atom. The number of H-pyrrole nitrogens is 1. The van der Waals surface area contributed by atoms with Crippen LogP contribution >= 0.6 is 0 Å². The van der Waals surface area contributed by atoms with Gasteiger partial charge < -0.3 is 0 Å². The fourth-order valence-electron chi connectivity index (χ4n) is 2.42. The molecule has 0 aliphatic carbocycles. The second kappa shape index (κ2) is 5.04. The lowest BCUT2D eigenvalue weighted by Crippen LogP contribution is -1.90. The van der Waals surface area contributed by atoms with Gasteiger partial charge in [-0.15, -0.1) is 0 Å². The van der Waals surface area contributed by atoms with Crippen molar-refractivity contribution in [1.82, 2.24) is 20.2 Å². The Balaban J connectivity index is 1.81. The molecule has 0 aliphatic rings. The SMILES string of the molecule is Fc1cccc(-c2cc(-c3ccc4[nH]ncc4c3)ncn2)c1. The van der Waals surface area contributed by atoms with Gasteiger partial charge >= 0.3 is 0 Å². The lowest BCUT2D eigenvalue weighted by atomic mass is 10.1. The van der Waals surface area contributed by atoms with Crippen LogP contribution in [0.15, 0.2) is 61.1 Å². The van der Waals surface area contributed by atoms with Crippen molar-refractivity contribution in [2.45, 2.75) is 0 Å². The van der Waals surface area contributed by atoms with Gasteiger partial charge in [-0.3, -0.25) is 5.10 Å². The minimum atomic E-state index is -0.280. The summed E-state index contributed by atoms with van der Waals surface area (Å²) < 4.78 is 13.4. The van der Waals surface area contributed by atoms with Gasteiger partial charge in [0.05, 0.1) is 23.1 Å². The van der Waals surface area contributed by atoms with Gasteiger partial charge in [-0.1, -0.05) is 18.2 Å². The highest BCUT2D eigenvalue weighted by atomic mass is 19.1. The van der Waals surface area contributed by atoms with Crippen molar-refractivity contribution in [3.8, 4) is 22.5 Å². The Morgan fingerprint density at radius 1 is 0.864 bits per heavy atom. The minimum Gasteiger partial charge on any atom is -0.278 e. The average Bonchev–Trinajstić information content (AvgIpc) is 3.02. The third-order valence-corrected chi connectivity index (χ3v) is 3.52. The van der Waals surface area contributed by atoms with E-state index >= 15 is 0 Å². The van der Waals surface area contributed by atoms with Gasteiger partial charge in [-0.2, -0.15) is 5.10 Å². The first-order valence-electron chi connectivity index (χ1n) is 6.81. The number of rotatable bonds is 2. The van der Waals surface area contributed by atoms with Crippen molar-refractivity contribution in [1.29, 1.82) is 0 Å². The number of aromatic amines is 1. The van der Waals surface area contributed by atoms with Crippen LogP contribution in [0.3, 0.4) is 0 Å². The summed E-state index contributed by atoms with van der Waals surface area (Å²) in [4.78, 5) is 8.55. The van der Waals surface area contributed by atoms with Gasteiger partial charge in [0.25, 0.3) is 0 Å². The van der Waals surface area contributed by atoms with E-state index in [9.17, 15) is 4.39 Å². The number of hydrogen-bond donors (Lipinski definition) is 1. The van der Waals surface area contributed by atoms with Crippen LogP contribution in [0.25, 0.3) is 33.4 Å². The van der Waals surface area contributed by atoms with E-state index in [2.05, 4.69) is 20.2 Å². The van der Waals surface area contributed by atoms with E-state index in [1.54, 1.807) is 12.3 Å². The monoisotopic (exact) mass is 290 g/mol. The lowest BCUT2D eigenvalue weighted by Gasteiger charge is -2.05. The average molecular weight is 290 g/mol. The Morgan fingerprint density at radius 3 is 2.50 bits per heavy atom. The first-order valence-corrected chi connectivity index (χ1v) is 6.81. The number of hydrogen-bond acceptors (Lipinski definition) is 3. The molecular formula is C17H11FN4. The maximum Gasteiger partial charge on any atom is 0.123 e. The van der Waals surface area contributed by atoms with E-state index in [0.717, 1.165) is 27.7 Å². The predicted molar refractivity (Wildman–Crippen MR) is 82.5 cm³/mol. The predicted octanol–water partition coefficient (Wildman–Crippen LogP) is 3.83. The van der Waals surface area contributed by atoms with Gasteiger partial charge in [0.2, 0.25) is 0 Å². The molecule has 0 bridgehead atoms.